The van der Waals surface area contributed by atoms with E-state index >= 15 is 0 Å². The predicted octanol–water partition coefficient (Wildman–Crippen LogP) is 0.760. The van der Waals surface area contributed by atoms with Crippen molar-refractivity contribution in [1.82, 2.24) is 10.2 Å². The van der Waals surface area contributed by atoms with Gasteiger partial charge in [-0.05, 0) is 32.3 Å². The number of nitrogens with two attached hydrogens (primary N) is 2. The molecule has 112 valence electrons. The van der Waals surface area contributed by atoms with Crippen LogP contribution in [0, 0.1) is 0 Å². The largest absolute Gasteiger partial charge is 0.368 e. The first-order chi connectivity index (χ1) is 9.46. The van der Waals surface area contributed by atoms with Gasteiger partial charge >= 0.3 is 0 Å². The Morgan fingerprint density at radius 1 is 1.20 bits per heavy atom. The maximum atomic E-state index is 11.3. The number of carbonyl (C=O) groups excluding carboxylic acids is 1. The number of nitrogens with zero attached hydrogens (tertiary/aromatic N) is 3. The van der Waals surface area contributed by atoms with E-state index in [0.29, 0.717) is 12.4 Å². The summed E-state index contributed by atoms with van der Waals surface area (Å²) in [4.78, 5) is 13.1. The van der Waals surface area contributed by atoms with Crippen LogP contribution in [0.2, 0.25) is 0 Å². The average molecular weight is 279 g/mol. The van der Waals surface area contributed by atoms with E-state index in [1.807, 2.05) is 25.7 Å². The Hall–Kier alpha value is -1.69. The fourth-order valence-electron chi connectivity index (χ4n) is 2.35. The number of amides is 1. The Bertz CT molecular complexity index is 473. The van der Waals surface area contributed by atoms with Crippen molar-refractivity contribution in [3.63, 3.8) is 0 Å². The highest BCUT2D eigenvalue weighted by Gasteiger charge is 2.21. The van der Waals surface area contributed by atoms with Gasteiger partial charge in [0, 0.05) is 18.2 Å². The minimum Gasteiger partial charge on any atom is -0.368 e. The summed E-state index contributed by atoms with van der Waals surface area (Å²) in [6.45, 7) is 8.60. The second-order valence-electron chi connectivity index (χ2n) is 5.03. The summed E-state index contributed by atoms with van der Waals surface area (Å²) in [6.07, 6.45) is 1.67. The number of aromatic nitrogens is 2. The normalized spacial score (nSPS) is 10.9. The van der Waals surface area contributed by atoms with E-state index in [1.165, 1.54) is 0 Å². The van der Waals surface area contributed by atoms with E-state index in [1.54, 1.807) is 0 Å². The highest BCUT2D eigenvalue weighted by atomic mass is 16.1. The minimum atomic E-state index is -0.388. The van der Waals surface area contributed by atoms with E-state index in [4.69, 9.17) is 11.5 Å². The zero-order valence-electron chi connectivity index (χ0n) is 12.8. The quantitative estimate of drug-likeness (QED) is 0.768. The lowest BCUT2D eigenvalue weighted by atomic mass is 10.0. The predicted molar refractivity (Wildman–Crippen MR) is 80.4 cm³/mol. The summed E-state index contributed by atoms with van der Waals surface area (Å²) in [7, 11) is 0. The molecule has 0 radical (unpaired) electrons. The molecule has 20 heavy (non-hydrogen) atoms. The first-order valence-electron chi connectivity index (χ1n) is 7.08. The molecule has 0 bridgehead atoms. The van der Waals surface area contributed by atoms with Crippen molar-refractivity contribution in [1.29, 1.82) is 0 Å². The molecule has 1 heterocycles. The van der Waals surface area contributed by atoms with Crippen LogP contribution in [0.5, 0.6) is 0 Å². The van der Waals surface area contributed by atoms with Crippen molar-refractivity contribution < 1.29 is 4.79 Å². The molecule has 0 atom stereocenters. The molecule has 6 nitrogen and oxygen atoms in total. The summed E-state index contributed by atoms with van der Waals surface area (Å²) < 4.78 is 0. The molecule has 0 saturated heterocycles. The molecule has 1 amide bonds. The number of carbonyl (C=O) groups is 1. The molecule has 1 aromatic rings. The van der Waals surface area contributed by atoms with E-state index in [9.17, 15) is 4.79 Å². The number of hydrogen-bond acceptors (Lipinski definition) is 5. The van der Waals surface area contributed by atoms with Gasteiger partial charge in [-0.15, -0.1) is 5.10 Å². The van der Waals surface area contributed by atoms with Crippen LogP contribution in [0.1, 0.15) is 44.5 Å². The van der Waals surface area contributed by atoms with Crippen LogP contribution in [-0.2, 0) is 24.2 Å². The van der Waals surface area contributed by atoms with Gasteiger partial charge in [-0.1, -0.05) is 13.8 Å². The van der Waals surface area contributed by atoms with Gasteiger partial charge in [-0.3, -0.25) is 4.79 Å². The van der Waals surface area contributed by atoms with Crippen LogP contribution >= 0.6 is 0 Å². The van der Waals surface area contributed by atoms with E-state index in [0.717, 1.165) is 29.7 Å². The van der Waals surface area contributed by atoms with Gasteiger partial charge in [0.05, 0.1) is 12.2 Å². The molecule has 0 saturated carbocycles. The van der Waals surface area contributed by atoms with Gasteiger partial charge in [0.25, 0.3) is 0 Å². The SMILES string of the molecule is CCc1nnc(N(CC(N)=O)C(C)C)c(CN)c1CC. The van der Waals surface area contributed by atoms with Gasteiger partial charge < -0.3 is 16.4 Å². The number of rotatable bonds is 7. The maximum absolute atomic E-state index is 11.3. The van der Waals surface area contributed by atoms with Gasteiger partial charge in [0.2, 0.25) is 5.91 Å². The topological polar surface area (TPSA) is 98.1 Å². The molecule has 4 N–H and O–H groups in total. The van der Waals surface area contributed by atoms with Crippen molar-refractivity contribution in [2.75, 3.05) is 11.4 Å². The highest BCUT2D eigenvalue weighted by molar-refractivity contribution is 5.79. The van der Waals surface area contributed by atoms with E-state index < -0.39 is 0 Å². The molecule has 0 unspecified atom stereocenters. The van der Waals surface area contributed by atoms with Gasteiger partial charge in [-0.25, -0.2) is 0 Å². The van der Waals surface area contributed by atoms with Crippen LogP contribution in [0.4, 0.5) is 5.82 Å². The second-order valence-corrected chi connectivity index (χ2v) is 5.03. The Labute approximate surface area is 120 Å². The third-order valence-electron chi connectivity index (χ3n) is 3.36. The average Bonchev–Trinajstić information content (AvgIpc) is 2.42. The number of aryl methyl sites for hydroxylation is 1. The van der Waals surface area contributed by atoms with Crippen LogP contribution < -0.4 is 16.4 Å². The van der Waals surface area contributed by atoms with Crippen molar-refractivity contribution >= 4 is 11.7 Å². The van der Waals surface area contributed by atoms with Crippen molar-refractivity contribution in [3.8, 4) is 0 Å². The standard InChI is InChI=1S/C14H25N5O/c1-5-10-11(7-15)14(18-17-12(10)6-2)19(9(3)4)8-13(16)20/h9H,5-8,15H2,1-4H3,(H2,16,20). The summed E-state index contributed by atoms with van der Waals surface area (Å²) >= 11 is 0. The molecule has 1 rings (SSSR count). The molecule has 0 aliphatic rings. The third kappa shape index (κ3) is 3.45. The van der Waals surface area contributed by atoms with E-state index in [-0.39, 0.29) is 18.5 Å². The Morgan fingerprint density at radius 3 is 2.25 bits per heavy atom. The Morgan fingerprint density at radius 2 is 1.85 bits per heavy atom. The van der Waals surface area contributed by atoms with Crippen LogP contribution in [0.15, 0.2) is 0 Å². The lowest BCUT2D eigenvalue weighted by Gasteiger charge is -2.29. The zero-order valence-corrected chi connectivity index (χ0v) is 12.8. The minimum absolute atomic E-state index is 0.0966. The molecule has 0 aliphatic carbocycles. The summed E-state index contributed by atoms with van der Waals surface area (Å²) in [6, 6.07) is 0.0966. The summed E-state index contributed by atoms with van der Waals surface area (Å²) in [5, 5.41) is 8.58. The molecule has 0 spiro atoms. The first kappa shape index (κ1) is 16.4. The maximum Gasteiger partial charge on any atom is 0.237 e. The van der Waals surface area contributed by atoms with Crippen molar-refractivity contribution in [3.05, 3.63) is 16.8 Å². The number of hydrogen-bond donors (Lipinski definition) is 2. The van der Waals surface area contributed by atoms with Gasteiger partial charge in [0.1, 0.15) is 0 Å². The molecule has 0 fully saturated rings. The molecular formula is C14H25N5O. The summed E-state index contributed by atoms with van der Waals surface area (Å²) in [5.74, 6) is 0.288. The number of anilines is 1. The molecule has 6 heteroatoms. The third-order valence-corrected chi connectivity index (χ3v) is 3.36. The molecular weight excluding hydrogens is 254 g/mol. The summed E-state index contributed by atoms with van der Waals surface area (Å²) in [5.41, 5.74) is 14.3. The van der Waals surface area contributed by atoms with Gasteiger partial charge in [0.15, 0.2) is 5.82 Å². The zero-order chi connectivity index (χ0) is 15.3. The van der Waals surface area contributed by atoms with Gasteiger partial charge in [-0.2, -0.15) is 5.10 Å². The van der Waals surface area contributed by atoms with Crippen molar-refractivity contribution in [2.45, 2.75) is 53.1 Å². The highest BCUT2D eigenvalue weighted by Crippen LogP contribution is 2.24. The lowest BCUT2D eigenvalue weighted by molar-refractivity contribution is -0.116. The second kappa shape index (κ2) is 7.19. The fraction of sp³-hybridized carbons (Fsp3) is 0.643. The van der Waals surface area contributed by atoms with Crippen LogP contribution in [0.3, 0.4) is 0 Å². The number of primary amides is 1. The fourth-order valence-corrected chi connectivity index (χ4v) is 2.35. The molecule has 0 aromatic carbocycles. The lowest BCUT2D eigenvalue weighted by Crippen LogP contribution is -2.40. The Balaban J connectivity index is 3.37. The monoisotopic (exact) mass is 279 g/mol. The van der Waals surface area contributed by atoms with Crippen LogP contribution in [-0.4, -0.2) is 28.7 Å². The molecule has 0 aliphatic heterocycles. The first-order valence-corrected chi connectivity index (χ1v) is 7.08. The molecule has 1 aromatic heterocycles. The smallest absolute Gasteiger partial charge is 0.237 e. The van der Waals surface area contributed by atoms with E-state index in [2.05, 4.69) is 17.1 Å². The van der Waals surface area contributed by atoms with Crippen molar-refractivity contribution in [2.24, 2.45) is 11.5 Å². The van der Waals surface area contributed by atoms with Crippen LogP contribution in [0.25, 0.3) is 0 Å². The Kier molecular flexibility index (Phi) is 5.88.